The molecule has 0 radical (unpaired) electrons. The molecule has 2 N–H and O–H groups in total. The Kier molecular flexibility index (Phi) is 6.47. The molecule has 0 spiro atoms. The van der Waals surface area contributed by atoms with Gasteiger partial charge in [-0.05, 0) is 55.0 Å². The standard InChI is InChI=1S/C23H29N5O2/c29-22(28-16-14-27(15-17-28)21-10-3-4-12-24-21)11-13-25-23(30)26-20-9-5-7-18-6-1-2-8-19(18)20/h3-5,7,9-10,12H,1-2,6,8,11,13-17H2,(H2,25,26,30). The number of amides is 3. The quantitative estimate of drug-likeness (QED) is 0.799. The number of carbonyl (C=O) groups excluding carboxylic acids is 2. The van der Waals surface area contributed by atoms with E-state index in [-0.39, 0.29) is 11.9 Å². The van der Waals surface area contributed by atoms with Crippen molar-refractivity contribution in [2.45, 2.75) is 32.1 Å². The summed E-state index contributed by atoms with van der Waals surface area (Å²) in [6.07, 6.45) is 6.55. The number of rotatable bonds is 5. The van der Waals surface area contributed by atoms with Gasteiger partial charge in [-0.3, -0.25) is 4.79 Å². The minimum atomic E-state index is -0.248. The van der Waals surface area contributed by atoms with Crippen molar-refractivity contribution < 1.29 is 9.59 Å². The average molecular weight is 408 g/mol. The number of fused-ring (bicyclic) bond motifs is 1. The number of nitrogens with one attached hydrogen (secondary N) is 2. The number of piperazine rings is 1. The Hall–Kier alpha value is -3.09. The van der Waals surface area contributed by atoms with Gasteiger partial charge >= 0.3 is 6.03 Å². The highest BCUT2D eigenvalue weighted by Gasteiger charge is 2.21. The van der Waals surface area contributed by atoms with E-state index in [1.165, 1.54) is 17.5 Å². The summed E-state index contributed by atoms with van der Waals surface area (Å²) in [5, 5.41) is 5.78. The highest BCUT2D eigenvalue weighted by molar-refractivity contribution is 5.90. The maximum atomic E-state index is 12.5. The number of aromatic nitrogens is 1. The van der Waals surface area contributed by atoms with Crippen LogP contribution in [0.4, 0.5) is 16.3 Å². The molecule has 2 heterocycles. The average Bonchev–Trinajstić information content (AvgIpc) is 2.80. The van der Waals surface area contributed by atoms with Gasteiger partial charge in [-0.1, -0.05) is 18.2 Å². The zero-order valence-corrected chi connectivity index (χ0v) is 17.3. The van der Waals surface area contributed by atoms with Gasteiger partial charge in [-0.15, -0.1) is 0 Å². The van der Waals surface area contributed by atoms with Gasteiger partial charge in [0.15, 0.2) is 0 Å². The predicted molar refractivity (Wildman–Crippen MR) is 118 cm³/mol. The molecule has 1 aromatic carbocycles. The first-order valence-electron chi connectivity index (χ1n) is 10.8. The summed E-state index contributed by atoms with van der Waals surface area (Å²) in [6.45, 7) is 3.24. The minimum Gasteiger partial charge on any atom is -0.353 e. The molecule has 7 heteroatoms. The smallest absolute Gasteiger partial charge is 0.319 e. The van der Waals surface area contributed by atoms with E-state index in [9.17, 15) is 9.59 Å². The van der Waals surface area contributed by atoms with E-state index in [0.717, 1.165) is 43.9 Å². The Balaban J connectivity index is 1.19. The van der Waals surface area contributed by atoms with Crippen LogP contribution in [0.3, 0.4) is 0 Å². The predicted octanol–water partition coefficient (Wildman–Crippen LogP) is 2.82. The van der Waals surface area contributed by atoms with E-state index in [4.69, 9.17) is 0 Å². The van der Waals surface area contributed by atoms with Gasteiger partial charge in [0, 0.05) is 51.0 Å². The normalized spacial score (nSPS) is 16.0. The molecule has 158 valence electrons. The fourth-order valence-corrected chi connectivity index (χ4v) is 4.23. The first-order chi connectivity index (χ1) is 14.7. The molecule has 30 heavy (non-hydrogen) atoms. The van der Waals surface area contributed by atoms with E-state index in [1.807, 2.05) is 35.2 Å². The van der Waals surface area contributed by atoms with Crippen LogP contribution >= 0.6 is 0 Å². The zero-order valence-electron chi connectivity index (χ0n) is 17.3. The van der Waals surface area contributed by atoms with E-state index in [2.05, 4.69) is 26.6 Å². The van der Waals surface area contributed by atoms with Gasteiger partial charge in [0.2, 0.25) is 5.91 Å². The van der Waals surface area contributed by atoms with Crippen molar-refractivity contribution in [1.29, 1.82) is 0 Å². The van der Waals surface area contributed by atoms with Crippen molar-refractivity contribution in [2.75, 3.05) is 42.9 Å². The highest BCUT2D eigenvalue weighted by atomic mass is 16.2. The third kappa shape index (κ3) is 4.90. The molecular formula is C23H29N5O2. The number of nitrogens with zero attached hydrogens (tertiary/aromatic N) is 3. The lowest BCUT2D eigenvalue weighted by Gasteiger charge is -2.35. The summed E-state index contributed by atoms with van der Waals surface area (Å²) in [5.41, 5.74) is 3.47. The Bertz CT molecular complexity index is 878. The minimum absolute atomic E-state index is 0.0769. The number of aryl methyl sites for hydroxylation is 1. The molecule has 0 atom stereocenters. The van der Waals surface area contributed by atoms with Crippen molar-refractivity contribution >= 4 is 23.4 Å². The summed E-state index contributed by atoms with van der Waals surface area (Å²) in [4.78, 5) is 33.2. The van der Waals surface area contributed by atoms with Gasteiger partial charge in [0.25, 0.3) is 0 Å². The number of carbonyl (C=O) groups is 2. The SMILES string of the molecule is O=C(NCCC(=O)N1CCN(c2ccccn2)CC1)Nc1cccc2c1CCCC2. The molecule has 4 rings (SSSR count). The second kappa shape index (κ2) is 9.61. The van der Waals surface area contributed by atoms with Crippen LogP contribution < -0.4 is 15.5 Å². The van der Waals surface area contributed by atoms with Crippen LogP contribution in [-0.2, 0) is 17.6 Å². The second-order valence-electron chi connectivity index (χ2n) is 7.84. The van der Waals surface area contributed by atoms with Crippen molar-refractivity contribution in [3.8, 4) is 0 Å². The Morgan fingerprint density at radius 2 is 1.80 bits per heavy atom. The van der Waals surface area contributed by atoms with Gasteiger partial charge in [0.1, 0.15) is 5.82 Å². The number of benzene rings is 1. The zero-order chi connectivity index (χ0) is 20.8. The molecule has 0 unspecified atom stereocenters. The monoisotopic (exact) mass is 407 g/mol. The lowest BCUT2D eigenvalue weighted by atomic mass is 9.90. The molecular weight excluding hydrogens is 378 g/mol. The second-order valence-corrected chi connectivity index (χ2v) is 7.84. The van der Waals surface area contributed by atoms with Crippen LogP contribution in [0.1, 0.15) is 30.4 Å². The lowest BCUT2D eigenvalue weighted by Crippen LogP contribution is -2.49. The molecule has 0 bridgehead atoms. The van der Waals surface area contributed by atoms with Crippen LogP contribution in [0.2, 0.25) is 0 Å². The van der Waals surface area contributed by atoms with E-state index >= 15 is 0 Å². The van der Waals surface area contributed by atoms with Crippen LogP contribution in [0.5, 0.6) is 0 Å². The maximum Gasteiger partial charge on any atom is 0.319 e. The molecule has 2 aliphatic rings. The third-order valence-electron chi connectivity index (χ3n) is 5.87. The number of hydrogen-bond donors (Lipinski definition) is 2. The van der Waals surface area contributed by atoms with Crippen molar-refractivity contribution in [2.24, 2.45) is 0 Å². The van der Waals surface area contributed by atoms with Crippen LogP contribution in [-0.4, -0.2) is 54.5 Å². The summed E-state index contributed by atoms with van der Waals surface area (Å²) in [7, 11) is 0. The fourth-order valence-electron chi connectivity index (χ4n) is 4.23. The van der Waals surface area contributed by atoms with Gasteiger partial charge in [-0.2, -0.15) is 0 Å². The topological polar surface area (TPSA) is 77.6 Å². The number of pyridine rings is 1. The summed E-state index contributed by atoms with van der Waals surface area (Å²) < 4.78 is 0. The Labute approximate surface area is 177 Å². The van der Waals surface area contributed by atoms with E-state index < -0.39 is 0 Å². The molecule has 7 nitrogen and oxygen atoms in total. The fraction of sp³-hybridized carbons (Fsp3) is 0.435. The molecule has 1 aromatic heterocycles. The maximum absolute atomic E-state index is 12.5. The van der Waals surface area contributed by atoms with Crippen LogP contribution in [0.25, 0.3) is 0 Å². The van der Waals surface area contributed by atoms with E-state index in [1.54, 1.807) is 6.20 Å². The van der Waals surface area contributed by atoms with Crippen molar-refractivity contribution in [3.63, 3.8) is 0 Å². The summed E-state index contributed by atoms with van der Waals surface area (Å²) >= 11 is 0. The molecule has 0 saturated carbocycles. The van der Waals surface area contributed by atoms with Crippen LogP contribution in [0, 0.1) is 0 Å². The van der Waals surface area contributed by atoms with E-state index in [0.29, 0.717) is 26.1 Å². The van der Waals surface area contributed by atoms with Gasteiger partial charge in [0.05, 0.1) is 0 Å². The number of anilines is 2. The number of urea groups is 1. The largest absolute Gasteiger partial charge is 0.353 e. The molecule has 2 aromatic rings. The highest BCUT2D eigenvalue weighted by Crippen LogP contribution is 2.27. The van der Waals surface area contributed by atoms with Crippen LogP contribution in [0.15, 0.2) is 42.6 Å². The molecule has 1 fully saturated rings. The number of hydrogen-bond acceptors (Lipinski definition) is 4. The first kappa shape index (κ1) is 20.2. The lowest BCUT2D eigenvalue weighted by molar-refractivity contribution is -0.131. The van der Waals surface area contributed by atoms with Crippen molar-refractivity contribution in [3.05, 3.63) is 53.7 Å². The third-order valence-corrected chi connectivity index (χ3v) is 5.87. The van der Waals surface area contributed by atoms with Gasteiger partial charge < -0.3 is 20.4 Å². The molecule has 1 aliphatic heterocycles. The Morgan fingerprint density at radius 1 is 0.967 bits per heavy atom. The molecule has 1 saturated heterocycles. The summed E-state index contributed by atoms with van der Waals surface area (Å²) in [5.74, 6) is 1.03. The van der Waals surface area contributed by atoms with Gasteiger partial charge in [-0.25, -0.2) is 9.78 Å². The molecule has 1 aliphatic carbocycles. The molecule has 3 amide bonds. The Morgan fingerprint density at radius 3 is 2.60 bits per heavy atom. The first-order valence-corrected chi connectivity index (χ1v) is 10.8. The van der Waals surface area contributed by atoms with Crippen molar-refractivity contribution in [1.82, 2.24) is 15.2 Å². The summed E-state index contributed by atoms with van der Waals surface area (Å²) in [6, 6.07) is 11.7.